The van der Waals surface area contributed by atoms with E-state index in [9.17, 15) is 0 Å². The van der Waals surface area contributed by atoms with Gasteiger partial charge < -0.3 is 5.73 Å². The third-order valence-electron chi connectivity index (χ3n) is 4.93. The zero-order chi connectivity index (χ0) is 15.4. The van der Waals surface area contributed by atoms with Crippen LogP contribution in [0.15, 0.2) is 22.7 Å². The number of hydrogen-bond donors (Lipinski definition) is 1. The first-order chi connectivity index (χ1) is 10.0. The van der Waals surface area contributed by atoms with Gasteiger partial charge in [-0.05, 0) is 68.3 Å². The lowest BCUT2D eigenvalue weighted by molar-refractivity contribution is 0.203. The van der Waals surface area contributed by atoms with Gasteiger partial charge in [0.1, 0.15) is 0 Å². The van der Waals surface area contributed by atoms with Crippen molar-refractivity contribution in [3.8, 4) is 0 Å². The van der Waals surface area contributed by atoms with E-state index in [1.807, 2.05) is 0 Å². The van der Waals surface area contributed by atoms with Gasteiger partial charge in [-0.15, -0.1) is 0 Å². The van der Waals surface area contributed by atoms with E-state index in [0.717, 1.165) is 11.8 Å². The second-order valence-electron chi connectivity index (χ2n) is 6.75. The Morgan fingerprint density at radius 1 is 1.29 bits per heavy atom. The average molecular weight is 353 g/mol. The third kappa shape index (κ3) is 4.30. The van der Waals surface area contributed by atoms with Crippen molar-refractivity contribution < 1.29 is 0 Å². The van der Waals surface area contributed by atoms with Gasteiger partial charge in [0.05, 0.1) is 0 Å². The molecule has 0 saturated carbocycles. The summed E-state index contributed by atoms with van der Waals surface area (Å²) < 4.78 is 1.20. The molecule has 2 atom stereocenters. The molecule has 1 heterocycles. The fraction of sp³-hybridized carbons (Fsp3) is 0.667. The molecule has 1 aromatic rings. The van der Waals surface area contributed by atoms with Crippen LogP contribution < -0.4 is 5.73 Å². The van der Waals surface area contributed by atoms with E-state index in [1.54, 1.807) is 0 Å². The van der Waals surface area contributed by atoms with Gasteiger partial charge in [0.2, 0.25) is 0 Å². The summed E-state index contributed by atoms with van der Waals surface area (Å²) in [6.45, 7) is 9.88. The largest absolute Gasteiger partial charge is 0.329 e. The highest BCUT2D eigenvalue weighted by Gasteiger charge is 2.25. The van der Waals surface area contributed by atoms with E-state index < -0.39 is 0 Å². The van der Waals surface area contributed by atoms with Crippen molar-refractivity contribution >= 4 is 15.9 Å². The molecule has 0 spiro atoms. The Morgan fingerprint density at radius 3 is 2.67 bits per heavy atom. The first-order valence-corrected chi connectivity index (χ1v) is 9.02. The van der Waals surface area contributed by atoms with Crippen LogP contribution in [0.4, 0.5) is 0 Å². The highest BCUT2D eigenvalue weighted by Crippen LogP contribution is 2.32. The molecule has 1 aromatic carbocycles. The van der Waals surface area contributed by atoms with E-state index >= 15 is 0 Å². The predicted octanol–water partition coefficient (Wildman–Crippen LogP) is 4.52. The molecule has 1 aliphatic rings. The number of rotatable bonds is 4. The maximum atomic E-state index is 6.13. The highest BCUT2D eigenvalue weighted by molar-refractivity contribution is 9.10. The molecule has 2 N–H and O–H groups in total. The number of benzene rings is 1. The van der Waals surface area contributed by atoms with Crippen molar-refractivity contribution in [1.29, 1.82) is 0 Å². The minimum Gasteiger partial charge on any atom is -0.329 e. The van der Waals surface area contributed by atoms with Gasteiger partial charge in [-0.3, -0.25) is 4.90 Å². The Labute approximate surface area is 138 Å². The van der Waals surface area contributed by atoms with Crippen LogP contribution in [0.5, 0.6) is 0 Å². The smallest absolute Gasteiger partial charge is 0.0481 e. The number of halogens is 1. The van der Waals surface area contributed by atoms with Gasteiger partial charge in [0, 0.05) is 17.1 Å². The summed E-state index contributed by atoms with van der Waals surface area (Å²) in [7, 11) is 0. The lowest BCUT2D eigenvalue weighted by atomic mass is 9.89. The number of aryl methyl sites for hydroxylation is 1. The molecule has 2 nitrogen and oxygen atoms in total. The summed E-state index contributed by atoms with van der Waals surface area (Å²) >= 11 is 3.73. The molecule has 0 amide bonds. The lowest BCUT2D eigenvalue weighted by Crippen LogP contribution is -2.35. The van der Waals surface area contributed by atoms with Crippen LogP contribution in [0.25, 0.3) is 0 Å². The number of hydrogen-bond acceptors (Lipinski definition) is 2. The third-order valence-corrected chi connectivity index (χ3v) is 5.62. The summed E-state index contributed by atoms with van der Waals surface area (Å²) in [6.07, 6.45) is 3.96. The maximum absolute atomic E-state index is 6.13. The summed E-state index contributed by atoms with van der Waals surface area (Å²) in [5.74, 6) is 1.67. The highest BCUT2D eigenvalue weighted by atomic mass is 79.9. The van der Waals surface area contributed by atoms with E-state index in [-0.39, 0.29) is 0 Å². The average Bonchev–Trinajstić information content (AvgIpc) is 2.68. The van der Waals surface area contributed by atoms with Gasteiger partial charge >= 0.3 is 0 Å². The number of nitrogens with zero attached hydrogens (tertiary/aromatic N) is 1. The van der Waals surface area contributed by atoms with Gasteiger partial charge in [-0.2, -0.15) is 0 Å². The molecule has 1 fully saturated rings. The molecule has 0 bridgehead atoms. The first kappa shape index (κ1) is 17.0. The molecular formula is C18H29BrN2. The quantitative estimate of drug-likeness (QED) is 0.863. The summed E-state index contributed by atoms with van der Waals surface area (Å²) in [4.78, 5) is 2.60. The maximum Gasteiger partial charge on any atom is 0.0481 e. The van der Waals surface area contributed by atoms with E-state index in [1.165, 1.54) is 48.0 Å². The molecule has 118 valence electrons. The second-order valence-corrected chi connectivity index (χ2v) is 7.60. The van der Waals surface area contributed by atoms with Crippen LogP contribution in [-0.2, 0) is 0 Å². The van der Waals surface area contributed by atoms with Crippen LogP contribution in [0.3, 0.4) is 0 Å². The fourth-order valence-corrected chi connectivity index (χ4v) is 4.26. The SMILES string of the molecule is Cc1ccc(C(CN)N2CCCC(C(C)C)CC2)c(Br)c1. The zero-order valence-electron chi connectivity index (χ0n) is 13.6. The Morgan fingerprint density at radius 2 is 2.05 bits per heavy atom. The minimum absolute atomic E-state index is 0.339. The Balaban J connectivity index is 2.13. The molecule has 1 saturated heterocycles. The normalized spacial score (nSPS) is 22.3. The molecule has 2 unspecified atom stereocenters. The van der Waals surface area contributed by atoms with Crippen LogP contribution in [-0.4, -0.2) is 24.5 Å². The van der Waals surface area contributed by atoms with Crippen LogP contribution in [0.1, 0.15) is 50.3 Å². The molecule has 2 rings (SSSR count). The van der Waals surface area contributed by atoms with E-state index in [4.69, 9.17) is 5.73 Å². The number of nitrogens with two attached hydrogens (primary N) is 1. The lowest BCUT2D eigenvalue weighted by Gasteiger charge is -2.31. The molecule has 0 aliphatic carbocycles. The summed E-state index contributed by atoms with van der Waals surface area (Å²) in [6, 6.07) is 6.97. The molecule has 21 heavy (non-hydrogen) atoms. The minimum atomic E-state index is 0.339. The Hall–Kier alpha value is -0.380. The van der Waals surface area contributed by atoms with Crippen LogP contribution in [0.2, 0.25) is 0 Å². The van der Waals surface area contributed by atoms with Gasteiger partial charge in [-0.1, -0.05) is 41.9 Å². The monoisotopic (exact) mass is 352 g/mol. The van der Waals surface area contributed by atoms with Gasteiger partial charge in [0.15, 0.2) is 0 Å². The fourth-order valence-electron chi connectivity index (χ4n) is 3.50. The molecule has 1 aliphatic heterocycles. The van der Waals surface area contributed by atoms with Crippen molar-refractivity contribution in [2.75, 3.05) is 19.6 Å². The van der Waals surface area contributed by atoms with Crippen molar-refractivity contribution in [3.05, 3.63) is 33.8 Å². The van der Waals surface area contributed by atoms with Gasteiger partial charge in [-0.25, -0.2) is 0 Å². The molecular weight excluding hydrogens is 324 g/mol. The van der Waals surface area contributed by atoms with E-state index in [2.05, 4.69) is 59.8 Å². The molecule has 0 radical (unpaired) electrons. The Bertz CT molecular complexity index is 459. The predicted molar refractivity (Wildman–Crippen MR) is 94.4 cm³/mol. The zero-order valence-corrected chi connectivity index (χ0v) is 15.2. The molecule has 3 heteroatoms. The second kappa shape index (κ2) is 7.75. The van der Waals surface area contributed by atoms with E-state index in [0.29, 0.717) is 12.6 Å². The van der Waals surface area contributed by atoms with Crippen LogP contribution in [0, 0.1) is 18.8 Å². The van der Waals surface area contributed by atoms with Gasteiger partial charge in [0.25, 0.3) is 0 Å². The van der Waals surface area contributed by atoms with Crippen molar-refractivity contribution in [1.82, 2.24) is 4.90 Å². The van der Waals surface area contributed by atoms with Crippen LogP contribution >= 0.6 is 15.9 Å². The number of likely N-dealkylation sites (tertiary alicyclic amines) is 1. The van der Waals surface area contributed by atoms with Crippen molar-refractivity contribution in [2.24, 2.45) is 17.6 Å². The first-order valence-electron chi connectivity index (χ1n) is 8.23. The summed E-state index contributed by atoms with van der Waals surface area (Å²) in [5.41, 5.74) is 8.75. The van der Waals surface area contributed by atoms with Crippen molar-refractivity contribution in [2.45, 2.75) is 46.1 Å². The van der Waals surface area contributed by atoms with Crippen molar-refractivity contribution in [3.63, 3.8) is 0 Å². The topological polar surface area (TPSA) is 29.3 Å². The molecule has 0 aromatic heterocycles. The standard InChI is InChI=1S/C18H29BrN2/c1-13(2)15-5-4-9-21(10-8-15)18(12-20)16-7-6-14(3)11-17(16)19/h6-7,11,13,15,18H,4-5,8-10,12,20H2,1-3H3. The summed E-state index contributed by atoms with van der Waals surface area (Å²) in [5, 5.41) is 0. The Kier molecular flexibility index (Phi) is 6.27.